The number of methoxy groups -OCH3 is 1. The van der Waals surface area contributed by atoms with Crippen molar-refractivity contribution in [2.24, 2.45) is 5.92 Å². The summed E-state index contributed by atoms with van der Waals surface area (Å²) in [7, 11) is -2.34. The lowest BCUT2D eigenvalue weighted by Crippen LogP contribution is -2.23. The van der Waals surface area contributed by atoms with Crippen LogP contribution in [-0.2, 0) is 19.4 Å². The first-order valence-electron chi connectivity index (χ1n) is 6.47. The molecule has 1 fully saturated rings. The van der Waals surface area contributed by atoms with Gasteiger partial charge in [0.1, 0.15) is 6.07 Å². The molecule has 1 aliphatic carbocycles. The van der Waals surface area contributed by atoms with Gasteiger partial charge in [0.15, 0.2) is 9.84 Å². The first-order chi connectivity index (χ1) is 10.3. The van der Waals surface area contributed by atoms with Crippen LogP contribution in [0.2, 0.25) is 10.0 Å². The minimum absolute atomic E-state index is 0.0246. The number of ether oxygens (including phenoxy) is 1. The Balaban J connectivity index is 2.35. The highest BCUT2D eigenvalue weighted by Crippen LogP contribution is 2.38. The lowest BCUT2D eigenvalue weighted by Gasteiger charge is -2.13. The van der Waals surface area contributed by atoms with Crippen molar-refractivity contribution in [3.63, 3.8) is 0 Å². The molecule has 1 aromatic rings. The van der Waals surface area contributed by atoms with Crippen molar-refractivity contribution in [3.05, 3.63) is 28.2 Å². The predicted molar refractivity (Wildman–Crippen MR) is 81.6 cm³/mol. The molecule has 8 heteroatoms. The highest BCUT2D eigenvalue weighted by atomic mass is 35.5. The van der Waals surface area contributed by atoms with E-state index in [1.54, 1.807) is 6.07 Å². The molecule has 1 aromatic carbocycles. The third kappa shape index (κ3) is 3.13. The van der Waals surface area contributed by atoms with Gasteiger partial charge in [0.2, 0.25) is 5.78 Å². The van der Waals surface area contributed by atoms with E-state index in [4.69, 9.17) is 33.2 Å². The van der Waals surface area contributed by atoms with Crippen molar-refractivity contribution in [2.45, 2.75) is 29.1 Å². The first-order valence-corrected chi connectivity index (χ1v) is 8.77. The Morgan fingerprint density at radius 3 is 2.59 bits per heavy atom. The predicted octanol–water partition coefficient (Wildman–Crippen LogP) is 2.65. The smallest absolute Gasteiger partial charge is 0.237 e. The molecule has 2 rings (SSSR count). The van der Waals surface area contributed by atoms with E-state index in [1.165, 1.54) is 25.3 Å². The minimum Gasteiger partial charge on any atom is -0.381 e. The van der Waals surface area contributed by atoms with Gasteiger partial charge in [-0.15, -0.1) is 0 Å². The summed E-state index contributed by atoms with van der Waals surface area (Å²) in [6.07, 6.45) is -0.389. The number of carbonyl (C=O) groups is 1. The Morgan fingerprint density at radius 2 is 2.05 bits per heavy atom. The van der Waals surface area contributed by atoms with E-state index in [1.807, 2.05) is 0 Å². The van der Waals surface area contributed by atoms with Crippen molar-refractivity contribution in [1.29, 1.82) is 5.26 Å². The summed E-state index contributed by atoms with van der Waals surface area (Å²) in [6, 6.07) is 5.70. The number of nitrogens with zero attached hydrogens (tertiary/aromatic N) is 1. The molecule has 0 amide bonds. The van der Waals surface area contributed by atoms with Gasteiger partial charge < -0.3 is 4.74 Å². The SMILES string of the molecule is CO[C@H]1C[C@@H](S(=O)(=O)c2ccc(Cl)cc2Cl)C[C@@H]1C(=O)C#N. The number of rotatable bonds is 4. The van der Waals surface area contributed by atoms with E-state index in [2.05, 4.69) is 0 Å². The summed E-state index contributed by atoms with van der Waals surface area (Å²) in [5.41, 5.74) is 0. The molecule has 118 valence electrons. The van der Waals surface area contributed by atoms with Gasteiger partial charge in [-0.2, -0.15) is 5.26 Å². The van der Waals surface area contributed by atoms with Gasteiger partial charge in [-0.3, -0.25) is 4.79 Å². The van der Waals surface area contributed by atoms with Crippen LogP contribution in [0.15, 0.2) is 23.1 Å². The Bertz CT molecular complexity index is 742. The number of ketones is 1. The molecule has 0 aromatic heterocycles. The molecule has 0 aliphatic heterocycles. The standard InChI is InChI=1S/C14H13Cl2NO4S/c1-21-13-6-9(5-10(13)12(18)7-17)22(19,20)14-3-2-8(15)4-11(14)16/h2-4,9-10,13H,5-6H2,1H3/t9-,10+,13-/m0/s1. The summed E-state index contributed by atoms with van der Waals surface area (Å²) in [4.78, 5) is 11.6. The van der Waals surface area contributed by atoms with Crippen molar-refractivity contribution < 1.29 is 17.9 Å². The molecule has 0 bridgehead atoms. The van der Waals surface area contributed by atoms with Crippen LogP contribution < -0.4 is 0 Å². The number of halogens is 2. The van der Waals surface area contributed by atoms with E-state index >= 15 is 0 Å². The molecule has 0 radical (unpaired) electrons. The molecule has 0 spiro atoms. The van der Waals surface area contributed by atoms with Gasteiger partial charge in [-0.25, -0.2) is 8.42 Å². The van der Waals surface area contributed by atoms with E-state index in [-0.39, 0.29) is 22.8 Å². The fraction of sp³-hybridized carbons (Fsp3) is 0.429. The van der Waals surface area contributed by atoms with Gasteiger partial charge in [0.25, 0.3) is 0 Å². The van der Waals surface area contributed by atoms with Crippen molar-refractivity contribution >= 4 is 38.8 Å². The van der Waals surface area contributed by atoms with E-state index in [0.29, 0.717) is 5.02 Å². The normalized spacial score (nSPS) is 24.9. The maximum Gasteiger partial charge on any atom is 0.237 e. The minimum atomic E-state index is -3.74. The molecule has 0 heterocycles. The van der Waals surface area contributed by atoms with Crippen LogP contribution in [0.25, 0.3) is 0 Å². The zero-order valence-electron chi connectivity index (χ0n) is 11.6. The molecular formula is C14H13Cl2NO4S. The van der Waals surface area contributed by atoms with Crippen LogP contribution in [-0.4, -0.2) is 32.7 Å². The third-order valence-electron chi connectivity index (χ3n) is 3.85. The van der Waals surface area contributed by atoms with Gasteiger partial charge in [0.05, 0.1) is 27.2 Å². The number of hydrogen-bond acceptors (Lipinski definition) is 5. The maximum absolute atomic E-state index is 12.7. The Hall–Kier alpha value is -1.13. The largest absolute Gasteiger partial charge is 0.381 e. The van der Waals surface area contributed by atoms with Crippen molar-refractivity contribution in [1.82, 2.24) is 0 Å². The zero-order chi connectivity index (χ0) is 16.5. The van der Waals surface area contributed by atoms with Gasteiger partial charge >= 0.3 is 0 Å². The zero-order valence-corrected chi connectivity index (χ0v) is 14.0. The third-order valence-corrected chi connectivity index (χ3v) is 6.74. The van der Waals surface area contributed by atoms with E-state index in [9.17, 15) is 13.2 Å². The second kappa shape index (κ2) is 6.55. The van der Waals surface area contributed by atoms with E-state index in [0.717, 1.165) is 0 Å². The fourth-order valence-electron chi connectivity index (χ4n) is 2.71. The van der Waals surface area contributed by atoms with Crippen molar-refractivity contribution in [3.8, 4) is 6.07 Å². The van der Waals surface area contributed by atoms with Crippen molar-refractivity contribution in [2.75, 3.05) is 7.11 Å². The molecule has 22 heavy (non-hydrogen) atoms. The van der Waals surface area contributed by atoms with Gasteiger partial charge in [-0.1, -0.05) is 23.2 Å². The topological polar surface area (TPSA) is 84.2 Å². The molecule has 1 saturated carbocycles. The van der Waals surface area contributed by atoms with Crippen LogP contribution >= 0.6 is 23.2 Å². The summed E-state index contributed by atoms with van der Waals surface area (Å²) >= 11 is 11.8. The highest BCUT2D eigenvalue weighted by molar-refractivity contribution is 7.92. The summed E-state index contributed by atoms with van der Waals surface area (Å²) in [6.45, 7) is 0. The van der Waals surface area contributed by atoms with Crippen LogP contribution in [0.1, 0.15) is 12.8 Å². The summed E-state index contributed by atoms with van der Waals surface area (Å²) in [5.74, 6) is -1.40. The number of nitriles is 1. The molecular weight excluding hydrogens is 349 g/mol. The fourth-order valence-corrected chi connectivity index (χ4v) is 5.30. The Labute approximate surface area is 138 Å². The lowest BCUT2D eigenvalue weighted by molar-refractivity contribution is -0.120. The van der Waals surface area contributed by atoms with Crippen LogP contribution in [0.4, 0.5) is 0 Å². The van der Waals surface area contributed by atoms with Crippen LogP contribution in [0.3, 0.4) is 0 Å². The molecule has 0 saturated heterocycles. The number of Topliss-reactive ketones (excluding diaryl/α,β-unsaturated/α-hetero) is 1. The summed E-state index contributed by atoms with van der Waals surface area (Å²) in [5, 5.41) is 8.30. The van der Waals surface area contributed by atoms with Crippen LogP contribution in [0, 0.1) is 17.2 Å². The average molecular weight is 362 g/mol. The molecule has 0 unspecified atom stereocenters. The average Bonchev–Trinajstić information content (AvgIpc) is 2.91. The first kappa shape index (κ1) is 17.2. The monoisotopic (exact) mass is 361 g/mol. The second-order valence-electron chi connectivity index (χ2n) is 5.07. The number of benzene rings is 1. The second-order valence-corrected chi connectivity index (χ2v) is 8.11. The Morgan fingerprint density at radius 1 is 1.36 bits per heavy atom. The number of carbonyl (C=O) groups excluding carboxylic acids is 1. The molecule has 5 nitrogen and oxygen atoms in total. The van der Waals surface area contributed by atoms with Gasteiger partial charge in [0, 0.05) is 12.1 Å². The van der Waals surface area contributed by atoms with Crippen LogP contribution in [0.5, 0.6) is 0 Å². The maximum atomic E-state index is 12.7. The molecule has 0 N–H and O–H groups in total. The van der Waals surface area contributed by atoms with E-state index < -0.39 is 32.9 Å². The number of hydrogen-bond donors (Lipinski definition) is 0. The quantitative estimate of drug-likeness (QED) is 0.769. The molecule has 3 atom stereocenters. The summed E-state index contributed by atoms with van der Waals surface area (Å²) < 4.78 is 30.6. The molecule has 1 aliphatic rings. The lowest BCUT2D eigenvalue weighted by atomic mass is 10.0. The number of sulfone groups is 1. The Kier molecular flexibility index (Phi) is 5.13. The highest BCUT2D eigenvalue weighted by Gasteiger charge is 2.45. The van der Waals surface area contributed by atoms with Gasteiger partial charge in [-0.05, 0) is 31.0 Å².